The number of pyridine rings is 2. The Kier molecular flexibility index (Phi) is 14.0. The van der Waals surface area contributed by atoms with Crippen molar-refractivity contribution in [1.29, 1.82) is 0 Å². The quantitative estimate of drug-likeness (QED) is 0.157. The van der Waals surface area contributed by atoms with E-state index in [1.54, 1.807) is 43.0 Å². The lowest BCUT2D eigenvalue weighted by Crippen LogP contribution is -2.34. The number of halogens is 1. The molecule has 0 amide bonds. The molecule has 0 aliphatic carbocycles. The first-order chi connectivity index (χ1) is 16.6. The van der Waals surface area contributed by atoms with E-state index in [1.165, 1.54) is 0 Å². The first-order valence-electron chi connectivity index (χ1n) is 10.9. The van der Waals surface area contributed by atoms with Crippen LogP contribution < -0.4 is 26.8 Å². The van der Waals surface area contributed by atoms with Gasteiger partial charge in [-0.2, -0.15) is 23.5 Å². The minimum atomic E-state index is 0.438. The Bertz CT molecular complexity index is 916. The molecule has 0 aliphatic heterocycles. The molecular formula is C22H33ClN8OS2. The molecule has 0 aliphatic rings. The normalized spacial score (nSPS) is 11.9. The van der Waals surface area contributed by atoms with Crippen LogP contribution in [0.3, 0.4) is 0 Å². The van der Waals surface area contributed by atoms with Crippen LogP contribution in [-0.2, 0) is 11.5 Å². The number of guanidine groups is 2. The number of aliphatic imine (C=N–C) groups is 2. The van der Waals surface area contributed by atoms with Gasteiger partial charge in [0.15, 0.2) is 11.9 Å². The summed E-state index contributed by atoms with van der Waals surface area (Å²) in [5.74, 6) is 5.01. The largest absolute Gasteiger partial charge is 0.495 e. The van der Waals surface area contributed by atoms with Crippen molar-refractivity contribution in [3.05, 3.63) is 53.1 Å². The second-order valence-electron chi connectivity index (χ2n) is 6.93. The highest BCUT2D eigenvalue weighted by molar-refractivity contribution is 7.98. The fourth-order valence-electron chi connectivity index (χ4n) is 2.66. The molecule has 0 saturated carbocycles. The molecule has 0 spiro atoms. The minimum absolute atomic E-state index is 0.438. The number of hydrogen-bond donors (Lipinski definition) is 4. The average molecular weight is 525 g/mol. The van der Waals surface area contributed by atoms with E-state index in [9.17, 15) is 0 Å². The van der Waals surface area contributed by atoms with Crippen LogP contribution in [0.15, 0.2) is 46.6 Å². The first kappa shape index (κ1) is 27.9. The van der Waals surface area contributed by atoms with Crippen molar-refractivity contribution >= 4 is 47.0 Å². The zero-order chi connectivity index (χ0) is 24.4. The van der Waals surface area contributed by atoms with Gasteiger partial charge in [-0.25, -0.2) is 0 Å². The summed E-state index contributed by atoms with van der Waals surface area (Å²) in [5, 5.41) is 6.92. The van der Waals surface area contributed by atoms with Crippen molar-refractivity contribution < 1.29 is 4.74 Å². The topological polar surface area (TPSA) is 136 Å². The van der Waals surface area contributed by atoms with Gasteiger partial charge in [-0.1, -0.05) is 11.6 Å². The summed E-state index contributed by atoms with van der Waals surface area (Å²) in [4.78, 5) is 17.2. The molecule has 34 heavy (non-hydrogen) atoms. The van der Waals surface area contributed by atoms with Crippen molar-refractivity contribution in [1.82, 2.24) is 20.6 Å². The van der Waals surface area contributed by atoms with Gasteiger partial charge in [-0.05, 0) is 30.7 Å². The summed E-state index contributed by atoms with van der Waals surface area (Å²) in [6, 6.07) is 7.46. The lowest BCUT2D eigenvalue weighted by molar-refractivity contribution is 0.409. The van der Waals surface area contributed by atoms with Crippen molar-refractivity contribution in [3.8, 4) is 5.75 Å². The summed E-state index contributed by atoms with van der Waals surface area (Å²) in [6.45, 7) is 2.64. The second kappa shape index (κ2) is 17.1. The Morgan fingerprint density at radius 3 is 2.09 bits per heavy atom. The summed E-state index contributed by atoms with van der Waals surface area (Å²) >= 11 is 9.60. The molecule has 0 fully saturated rings. The fraction of sp³-hybridized carbons (Fsp3) is 0.455. The number of ether oxygens (including phenoxy) is 1. The maximum Gasteiger partial charge on any atom is 0.188 e. The molecule has 2 heterocycles. The van der Waals surface area contributed by atoms with Crippen LogP contribution in [0, 0.1) is 0 Å². The lowest BCUT2D eigenvalue weighted by atomic mass is 10.3. The summed E-state index contributed by atoms with van der Waals surface area (Å²) in [7, 11) is 1.66. The van der Waals surface area contributed by atoms with Gasteiger partial charge in [0.1, 0.15) is 5.75 Å². The number of nitrogens with two attached hydrogens (primary N) is 2. The van der Waals surface area contributed by atoms with Crippen LogP contribution in [0.2, 0.25) is 5.02 Å². The molecule has 2 rings (SSSR count). The summed E-state index contributed by atoms with van der Waals surface area (Å²) < 4.78 is 5.31. The predicted molar refractivity (Wildman–Crippen MR) is 146 cm³/mol. The predicted octanol–water partition coefficient (Wildman–Crippen LogP) is 2.50. The SMILES string of the molecule is COc1cccnc1CSCCNC(N)=NCCCN=C(N)NCCSCc1ncccc1Cl. The van der Waals surface area contributed by atoms with Gasteiger partial charge in [0.2, 0.25) is 0 Å². The van der Waals surface area contributed by atoms with E-state index in [1.807, 2.05) is 24.3 Å². The molecule has 2 aromatic heterocycles. The standard InChI is InChI=1S/C22H33ClN8OS2/c1-32-20-6-3-8-27-19(20)16-34-14-12-31-22(25)29-10-4-9-28-21(24)30-11-13-33-15-18-17(23)5-2-7-26-18/h2-3,5-8H,4,9-16H2,1H3,(H3,24,28,30)(H3,25,29,31). The third kappa shape index (κ3) is 11.7. The van der Waals surface area contributed by atoms with Gasteiger partial charge < -0.3 is 26.8 Å². The molecule has 0 atom stereocenters. The number of nitrogens with one attached hydrogen (secondary N) is 2. The van der Waals surface area contributed by atoms with Crippen molar-refractivity contribution in [2.75, 3.05) is 44.8 Å². The van der Waals surface area contributed by atoms with Crippen LogP contribution in [0.1, 0.15) is 17.8 Å². The maximum absolute atomic E-state index is 6.10. The first-order valence-corrected chi connectivity index (χ1v) is 13.6. The summed E-state index contributed by atoms with van der Waals surface area (Å²) in [5.41, 5.74) is 13.6. The minimum Gasteiger partial charge on any atom is -0.495 e. The Balaban J connectivity index is 1.47. The molecule has 9 nitrogen and oxygen atoms in total. The van der Waals surface area contributed by atoms with E-state index in [0.717, 1.165) is 59.7 Å². The fourth-order valence-corrected chi connectivity index (χ4v) is 4.55. The molecule has 6 N–H and O–H groups in total. The van der Waals surface area contributed by atoms with E-state index in [4.69, 9.17) is 27.8 Å². The number of rotatable bonds is 15. The molecule has 0 unspecified atom stereocenters. The van der Waals surface area contributed by atoms with Crippen molar-refractivity contribution in [2.24, 2.45) is 21.5 Å². The third-order valence-electron chi connectivity index (χ3n) is 4.37. The Hall–Kier alpha value is -2.37. The third-order valence-corrected chi connectivity index (χ3v) is 6.65. The number of hydrogen-bond acceptors (Lipinski definition) is 7. The van der Waals surface area contributed by atoms with Gasteiger partial charge in [-0.3, -0.25) is 20.0 Å². The Morgan fingerprint density at radius 2 is 1.50 bits per heavy atom. The van der Waals surface area contributed by atoms with E-state index in [2.05, 4.69) is 30.6 Å². The number of methoxy groups -OCH3 is 1. The van der Waals surface area contributed by atoms with Crippen LogP contribution in [-0.4, -0.2) is 66.7 Å². The van der Waals surface area contributed by atoms with E-state index in [0.29, 0.717) is 30.0 Å². The number of thioether (sulfide) groups is 2. The van der Waals surface area contributed by atoms with Crippen LogP contribution in [0.25, 0.3) is 0 Å². The number of nitrogens with zero attached hydrogens (tertiary/aromatic N) is 4. The van der Waals surface area contributed by atoms with Gasteiger partial charge in [0.05, 0.1) is 23.5 Å². The lowest BCUT2D eigenvalue weighted by Gasteiger charge is -2.08. The molecule has 0 aromatic carbocycles. The van der Waals surface area contributed by atoms with E-state index < -0.39 is 0 Å². The molecule has 0 saturated heterocycles. The maximum atomic E-state index is 6.10. The molecule has 186 valence electrons. The molecule has 2 aromatic rings. The summed E-state index contributed by atoms with van der Waals surface area (Å²) in [6.07, 6.45) is 4.29. The van der Waals surface area contributed by atoms with Crippen molar-refractivity contribution in [3.63, 3.8) is 0 Å². The van der Waals surface area contributed by atoms with Crippen LogP contribution in [0.4, 0.5) is 0 Å². The molecular weight excluding hydrogens is 492 g/mol. The van der Waals surface area contributed by atoms with Crippen LogP contribution in [0.5, 0.6) is 5.75 Å². The highest BCUT2D eigenvalue weighted by Crippen LogP contribution is 2.20. The molecule has 12 heteroatoms. The van der Waals surface area contributed by atoms with E-state index in [-0.39, 0.29) is 0 Å². The highest BCUT2D eigenvalue weighted by atomic mass is 35.5. The van der Waals surface area contributed by atoms with Crippen molar-refractivity contribution in [2.45, 2.75) is 17.9 Å². The Labute approximate surface area is 215 Å². The number of aromatic nitrogens is 2. The molecule has 0 radical (unpaired) electrons. The van der Waals surface area contributed by atoms with E-state index >= 15 is 0 Å². The average Bonchev–Trinajstić information content (AvgIpc) is 2.84. The zero-order valence-corrected chi connectivity index (χ0v) is 21.8. The highest BCUT2D eigenvalue weighted by Gasteiger charge is 2.03. The Morgan fingerprint density at radius 1 is 0.941 bits per heavy atom. The smallest absolute Gasteiger partial charge is 0.188 e. The monoisotopic (exact) mass is 524 g/mol. The zero-order valence-electron chi connectivity index (χ0n) is 19.4. The van der Waals surface area contributed by atoms with Gasteiger partial charge in [0.25, 0.3) is 0 Å². The van der Waals surface area contributed by atoms with Gasteiger partial charge >= 0.3 is 0 Å². The van der Waals surface area contributed by atoms with Gasteiger partial charge in [-0.15, -0.1) is 0 Å². The van der Waals surface area contributed by atoms with Gasteiger partial charge in [0, 0.05) is 61.6 Å². The second-order valence-corrected chi connectivity index (χ2v) is 9.55. The molecule has 0 bridgehead atoms. The van der Waals surface area contributed by atoms with Crippen LogP contribution >= 0.6 is 35.1 Å².